The SMILES string of the molecule is CCN(Cc1ccncc1)C(=O)NC1CCCC1. The first-order chi connectivity index (χ1) is 8.79. The van der Waals surface area contributed by atoms with Gasteiger partial charge in [0.05, 0.1) is 0 Å². The molecule has 0 aliphatic heterocycles. The molecular weight excluding hydrogens is 226 g/mol. The molecule has 98 valence electrons. The van der Waals surface area contributed by atoms with Crippen molar-refractivity contribution in [1.29, 1.82) is 0 Å². The number of nitrogens with zero attached hydrogens (tertiary/aromatic N) is 2. The van der Waals surface area contributed by atoms with Crippen LogP contribution in [0.4, 0.5) is 4.79 Å². The fourth-order valence-electron chi connectivity index (χ4n) is 2.37. The average Bonchev–Trinajstić information content (AvgIpc) is 2.90. The van der Waals surface area contributed by atoms with Crippen molar-refractivity contribution in [3.8, 4) is 0 Å². The van der Waals surface area contributed by atoms with Crippen LogP contribution in [0.15, 0.2) is 24.5 Å². The molecule has 18 heavy (non-hydrogen) atoms. The zero-order valence-corrected chi connectivity index (χ0v) is 10.9. The van der Waals surface area contributed by atoms with Gasteiger partial charge in [-0.1, -0.05) is 12.8 Å². The lowest BCUT2D eigenvalue weighted by Gasteiger charge is -2.23. The van der Waals surface area contributed by atoms with Crippen LogP contribution in [0.2, 0.25) is 0 Å². The van der Waals surface area contributed by atoms with Crippen LogP contribution in [0, 0.1) is 0 Å². The summed E-state index contributed by atoms with van der Waals surface area (Å²) in [5.41, 5.74) is 1.12. The van der Waals surface area contributed by atoms with Gasteiger partial charge in [0.2, 0.25) is 0 Å². The van der Waals surface area contributed by atoms with Crippen LogP contribution >= 0.6 is 0 Å². The number of amides is 2. The number of hydrogen-bond acceptors (Lipinski definition) is 2. The predicted octanol–water partition coefficient (Wildman–Crippen LogP) is 2.56. The number of hydrogen-bond donors (Lipinski definition) is 1. The Kier molecular flexibility index (Phi) is 4.56. The highest BCUT2D eigenvalue weighted by atomic mass is 16.2. The van der Waals surface area contributed by atoms with Gasteiger partial charge in [0.25, 0.3) is 0 Å². The van der Waals surface area contributed by atoms with Gasteiger partial charge in [0.15, 0.2) is 0 Å². The smallest absolute Gasteiger partial charge is 0.317 e. The van der Waals surface area contributed by atoms with Crippen molar-refractivity contribution in [2.75, 3.05) is 6.54 Å². The summed E-state index contributed by atoms with van der Waals surface area (Å²) in [6.45, 7) is 3.38. The van der Waals surface area contributed by atoms with Crippen molar-refractivity contribution in [2.45, 2.75) is 45.2 Å². The number of aromatic nitrogens is 1. The number of carbonyl (C=O) groups is 1. The molecule has 1 aliphatic carbocycles. The van der Waals surface area contributed by atoms with Gasteiger partial charge in [-0.25, -0.2) is 4.79 Å². The fraction of sp³-hybridized carbons (Fsp3) is 0.571. The second-order valence-electron chi connectivity index (χ2n) is 4.80. The molecule has 4 nitrogen and oxygen atoms in total. The van der Waals surface area contributed by atoms with Gasteiger partial charge < -0.3 is 10.2 Å². The van der Waals surface area contributed by atoms with E-state index in [2.05, 4.69) is 10.3 Å². The largest absolute Gasteiger partial charge is 0.335 e. The Hall–Kier alpha value is -1.58. The van der Waals surface area contributed by atoms with E-state index in [1.165, 1.54) is 12.8 Å². The van der Waals surface area contributed by atoms with Crippen LogP contribution in [0.5, 0.6) is 0 Å². The second-order valence-corrected chi connectivity index (χ2v) is 4.80. The highest BCUT2D eigenvalue weighted by Crippen LogP contribution is 2.18. The van der Waals surface area contributed by atoms with E-state index in [9.17, 15) is 4.79 Å². The Morgan fingerprint density at radius 2 is 2.06 bits per heavy atom. The fourth-order valence-corrected chi connectivity index (χ4v) is 2.37. The van der Waals surface area contributed by atoms with E-state index in [1.54, 1.807) is 12.4 Å². The van der Waals surface area contributed by atoms with E-state index >= 15 is 0 Å². The summed E-state index contributed by atoms with van der Waals surface area (Å²) in [5, 5.41) is 3.12. The van der Waals surface area contributed by atoms with Crippen molar-refractivity contribution in [1.82, 2.24) is 15.2 Å². The molecule has 0 radical (unpaired) electrons. The molecule has 0 bridgehead atoms. The first-order valence-corrected chi connectivity index (χ1v) is 6.74. The van der Waals surface area contributed by atoms with E-state index in [0.29, 0.717) is 12.6 Å². The molecule has 0 spiro atoms. The molecule has 1 N–H and O–H groups in total. The van der Waals surface area contributed by atoms with E-state index in [-0.39, 0.29) is 6.03 Å². The third-order valence-electron chi connectivity index (χ3n) is 3.47. The molecular formula is C14H21N3O. The molecule has 1 aromatic rings. The standard InChI is InChI=1S/C14H21N3O/c1-2-17(11-12-7-9-15-10-8-12)14(18)16-13-5-3-4-6-13/h7-10,13H,2-6,11H2,1H3,(H,16,18). The molecule has 1 fully saturated rings. The first-order valence-electron chi connectivity index (χ1n) is 6.74. The summed E-state index contributed by atoms with van der Waals surface area (Å²) in [5.74, 6) is 0. The minimum atomic E-state index is 0.0567. The first kappa shape index (κ1) is 12.9. The van der Waals surface area contributed by atoms with E-state index < -0.39 is 0 Å². The van der Waals surface area contributed by atoms with Crippen molar-refractivity contribution in [3.63, 3.8) is 0 Å². The van der Waals surface area contributed by atoms with E-state index in [1.807, 2.05) is 24.0 Å². The molecule has 2 rings (SSSR count). The summed E-state index contributed by atoms with van der Waals surface area (Å²) in [6.07, 6.45) is 8.25. The summed E-state index contributed by atoms with van der Waals surface area (Å²) < 4.78 is 0. The maximum atomic E-state index is 12.1. The minimum Gasteiger partial charge on any atom is -0.335 e. The van der Waals surface area contributed by atoms with Gasteiger partial charge in [-0.2, -0.15) is 0 Å². The Morgan fingerprint density at radius 3 is 2.67 bits per heavy atom. The Balaban J connectivity index is 1.89. The molecule has 0 atom stereocenters. The maximum Gasteiger partial charge on any atom is 0.317 e. The van der Waals surface area contributed by atoms with Gasteiger partial charge in [-0.05, 0) is 37.5 Å². The van der Waals surface area contributed by atoms with Crippen LogP contribution in [-0.2, 0) is 6.54 Å². The van der Waals surface area contributed by atoms with Gasteiger partial charge >= 0.3 is 6.03 Å². The zero-order valence-electron chi connectivity index (χ0n) is 10.9. The monoisotopic (exact) mass is 247 g/mol. The Bertz CT molecular complexity index is 374. The third-order valence-corrected chi connectivity index (χ3v) is 3.47. The highest BCUT2D eigenvalue weighted by molar-refractivity contribution is 5.74. The molecule has 2 amide bonds. The van der Waals surface area contributed by atoms with Crippen molar-refractivity contribution in [3.05, 3.63) is 30.1 Å². The van der Waals surface area contributed by atoms with Crippen molar-refractivity contribution < 1.29 is 4.79 Å². The quantitative estimate of drug-likeness (QED) is 0.888. The molecule has 1 aliphatic rings. The number of carbonyl (C=O) groups excluding carboxylic acids is 1. The van der Waals surface area contributed by atoms with Crippen molar-refractivity contribution >= 4 is 6.03 Å². The molecule has 0 saturated heterocycles. The van der Waals surface area contributed by atoms with Crippen LogP contribution < -0.4 is 5.32 Å². The van der Waals surface area contributed by atoms with Crippen LogP contribution in [0.25, 0.3) is 0 Å². The molecule has 4 heteroatoms. The third kappa shape index (κ3) is 3.45. The topological polar surface area (TPSA) is 45.2 Å². The van der Waals surface area contributed by atoms with Crippen LogP contribution in [0.3, 0.4) is 0 Å². The zero-order chi connectivity index (χ0) is 12.8. The summed E-state index contributed by atoms with van der Waals surface area (Å²) in [7, 11) is 0. The summed E-state index contributed by atoms with van der Waals surface area (Å²) in [6, 6.07) is 4.34. The second kappa shape index (κ2) is 6.38. The average molecular weight is 247 g/mol. The number of rotatable bonds is 4. The van der Waals surface area contributed by atoms with Gasteiger partial charge in [0, 0.05) is 31.5 Å². The lowest BCUT2D eigenvalue weighted by atomic mass is 10.2. The van der Waals surface area contributed by atoms with Gasteiger partial charge in [-0.3, -0.25) is 4.98 Å². The van der Waals surface area contributed by atoms with E-state index in [0.717, 1.165) is 24.9 Å². The number of urea groups is 1. The molecule has 1 heterocycles. The van der Waals surface area contributed by atoms with Gasteiger partial charge in [0.1, 0.15) is 0 Å². The maximum absolute atomic E-state index is 12.1. The normalized spacial score (nSPS) is 15.6. The minimum absolute atomic E-state index is 0.0567. The lowest BCUT2D eigenvalue weighted by Crippen LogP contribution is -2.43. The number of nitrogens with one attached hydrogen (secondary N) is 1. The molecule has 1 aromatic heterocycles. The van der Waals surface area contributed by atoms with Crippen LogP contribution in [0.1, 0.15) is 38.2 Å². The Labute approximate surface area is 108 Å². The predicted molar refractivity (Wildman–Crippen MR) is 71.1 cm³/mol. The summed E-state index contributed by atoms with van der Waals surface area (Å²) >= 11 is 0. The van der Waals surface area contributed by atoms with Gasteiger partial charge in [-0.15, -0.1) is 0 Å². The molecule has 0 aromatic carbocycles. The molecule has 1 saturated carbocycles. The highest BCUT2D eigenvalue weighted by Gasteiger charge is 2.20. The number of pyridine rings is 1. The lowest BCUT2D eigenvalue weighted by molar-refractivity contribution is 0.194. The summed E-state index contributed by atoms with van der Waals surface area (Å²) in [4.78, 5) is 18.0. The molecule has 0 unspecified atom stereocenters. The van der Waals surface area contributed by atoms with Crippen LogP contribution in [-0.4, -0.2) is 28.5 Å². The van der Waals surface area contributed by atoms with Crippen molar-refractivity contribution in [2.24, 2.45) is 0 Å². The Morgan fingerprint density at radius 1 is 1.39 bits per heavy atom. The van der Waals surface area contributed by atoms with E-state index in [4.69, 9.17) is 0 Å².